The standard InChI is InChI=1S/C13H12ClN3O3/c14-10-5-1-2-7-12(10)20-8-9-4-3-6-11(17(18)19)13(9)16-15/h1-7,16H,8,15H2. The molecule has 6 nitrogen and oxygen atoms in total. The molecule has 0 aliphatic carbocycles. The molecular weight excluding hydrogens is 282 g/mol. The van der Waals surface area contributed by atoms with Crippen molar-refractivity contribution < 1.29 is 9.66 Å². The zero-order chi connectivity index (χ0) is 14.5. The van der Waals surface area contributed by atoms with Crippen LogP contribution in [0.3, 0.4) is 0 Å². The molecule has 0 aromatic heterocycles. The van der Waals surface area contributed by atoms with Crippen LogP contribution in [-0.2, 0) is 6.61 Å². The summed E-state index contributed by atoms with van der Waals surface area (Å²) < 4.78 is 5.55. The van der Waals surface area contributed by atoms with Crippen molar-refractivity contribution in [3.05, 3.63) is 63.2 Å². The Kier molecular flexibility index (Phi) is 4.39. The molecule has 0 aliphatic heterocycles. The predicted octanol–water partition coefficient (Wildman–Crippen LogP) is 3.11. The molecule has 0 bridgehead atoms. The van der Waals surface area contributed by atoms with E-state index < -0.39 is 4.92 Å². The van der Waals surface area contributed by atoms with Crippen molar-refractivity contribution in [3.63, 3.8) is 0 Å². The Morgan fingerprint density at radius 3 is 2.65 bits per heavy atom. The van der Waals surface area contributed by atoms with Crippen LogP contribution in [0.25, 0.3) is 0 Å². The Hall–Kier alpha value is -2.31. The monoisotopic (exact) mass is 293 g/mol. The van der Waals surface area contributed by atoms with Gasteiger partial charge in [0.25, 0.3) is 5.69 Å². The van der Waals surface area contributed by atoms with E-state index >= 15 is 0 Å². The molecule has 0 radical (unpaired) electrons. The summed E-state index contributed by atoms with van der Waals surface area (Å²) in [4.78, 5) is 10.4. The van der Waals surface area contributed by atoms with Gasteiger partial charge < -0.3 is 10.2 Å². The van der Waals surface area contributed by atoms with Crippen molar-refractivity contribution in [1.29, 1.82) is 0 Å². The van der Waals surface area contributed by atoms with E-state index in [1.807, 2.05) is 0 Å². The van der Waals surface area contributed by atoms with Gasteiger partial charge in [0.1, 0.15) is 18.0 Å². The Morgan fingerprint density at radius 2 is 2.00 bits per heavy atom. The van der Waals surface area contributed by atoms with Crippen LogP contribution in [0.15, 0.2) is 42.5 Å². The molecule has 0 saturated carbocycles. The summed E-state index contributed by atoms with van der Waals surface area (Å²) in [5.74, 6) is 5.86. The van der Waals surface area contributed by atoms with Crippen molar-refractivity contribution in [1.82, 2.24) is 0 Å². The molecule has 2 rings (SSSR count). The van der Waals surface area contributed by atoms with Gasteiger partial charge in [0.2, 0.25) is 0 Å². The number of hydrazine groups is 1. The molecule has 0 spiro atoms. The van der Waals surface area contributed by atoms with Crippen LogP contribution in [0, 0.1) is 10.1 Å². The van der Waals surface area contributed by atoms with E-state index in [1.54, 1.807) is 36.4 Å². The molecule has 20 heavy (non-hydrogen) atoms. The van der Waals surface area contributed by atoms with Gasteiger partial charge in [-0.2, -0.15) is 0 Å². The largest absolute Gasteiger partial charge is 0.487 e. The fraction of sp³-hybridized carbons (Fsp3) is 0.0769. The van der Waals surface area contributed by atoms with Crippen molar-refractivity contribution in [2.75, 3.05) is 5.43 Å². The van der Waals surface area contributed by atoms with E-state index in [9.17, 15) is 10.1 Å². The molecule has 0 fully saturated rings. The number of nitro benzene ring substituents is 1. The highest BCUT2D eigenvalue weighted by Crippen LogP contribution is 2.29. The zero-order valence-corrected chi connectivity index (χ0v) is 11.1. The average molecular weight is 294 g/mol. The van der Waals surface area contributed by atoms with Gasteiger partial charge in [-0.1, -0.05) is 35.9 Å². The lowest BCUT2D eigenvalue weighted by molar-refractivity contribution is -0.384. The third-order valence-corrected chi connectivity index (χ3v) is 3.00. The second-order valence-electron chi connectivity index (χ2n) is 3.93. The first-order valence-corrected chi connectivity index (χ1v) is 6.11. The van der Waals surface area contributed by atoms with Gasteiger partial charge in [-0.3, -0.25) is 16.0 Å². The van der Waals surface area contributed by atoms with Crippen LogP contribution in [-0.4, -0.2) is 4.92 Å². The normalized spacial score (nSPS) is 10.1. The minimum Gasteiger partial charge on any atom is -0.487 e. The van der Waals surface area contributed by atoms with Crippen LogP contribution in [0.5, 0.6) is 5.75 Å². The average Bonchev–Trinajstić information content (AvgIpc) is 2.45. The SMILES string of the molecule is NNc1c(COc2ccccc2Cl)cccc1[N+](=O)[O-]. The van der Waals surface area contributed by atoms with Crippen LogP contribution in [0.1, 0.15) is 5.56 Å². The maximum atomic E-state index is 10.9. The van der Waals surface area contributed by atoms with Gasteiger partial charge in [-0.15, -0.1) is 0 Å². The van der Waals surface area contributed by atoms with E-state index in [2.05, 4.69) is 5.43 Å². The topological polar surface area (TPSA) is 90.4 Å². The van der Waals surface area contributed by atoms with E-state index in [4.69, 9.17) is 22.2 Å². The molecule has 3 N–H and O–H groups in total. The molecule has 0 saturated heterocycles. The third kappa shape index (κ3) is 2.98. The van der Waals surface area contributed by atoms with Crippen LogP contribution < -0.4 is 16.0 Å². The maximum absolute atomic E-state index is 10.9. The van der Waals surface area contributed by atoms with Crippen molar-refractivity contribution in [2.45, 2.75) is 6.61 Å². The summed E-state index contributed by atoms with van der Waals surface area (Å²) in [7, 11) is 0. The fourth-order valence-corrected chi connectivity index (χ4v) is 1.93. The maximum Gasteiger partial charge on any atom is 0.294 e. The first-order valence-electron chi connectivity index (χ1n) is 5.73. The van der Waals surface area contributed by atoms with Gasteiger partial charge >= 0.3 is 0 Å². The van der Waals surface area contributed by atoms with Gasteiger partial charge in [0.05, 0.1) is 9.95 Å². The van der Waals surface area contributed by atoms with Crippen LogP contribution >= 0.6 is 11.6 Å². The minimum absolute atomic E-state index is 0.104. The molecule has 7 heteroatoms. The Morgan fingerprint density at radius 1 is 1.25 bits per heavy atom. The highest BCUT2D eigenvalue weighted by atomic mass is 35.5. The quantitative estimate of drug-likeness (QED) is 0.502. The van der Waals surface area contributed by atoms with Crippen molar-refractivity contribution in [2.24, 2.45) is 5.84 Å². The first-order chi connectivity index (χ1) is 9.63. The first kappa shape index (κ1) is 14.1. The number of anilines is 1. The lowest BCUT2D eigenvalue weighted by Crippen LogP contribution is -2.12. The summed E-state index contributed by atoms with van der Waals surface area (Å²) in [6, 6.07) is 11.6. The number of para-hydroxylation sites is 2. The molecule has 0 aliphatic rings. The Bertz CT molecular complexity index is 634. The lowest BCUT2D eigenvalue weighted by atomic mass is 10.1. The summed E-state index contributed by atoms with van der Waals surface area (Å²) in [5, 5.41) is 11.4. The van der Waals surface area contributed by atoms with Gasteiger partial charge in [-0.05, 0) is 12.1 Å². The Labute approximate surface area is 120 Å². The number of nitrogens with zero attached hydrogens (tertiary/aromatic N) is 1. The molecule has 2 aromatic carbocycles. The molecular formula is C13H12ClN3O3. The molecule has 0 unspecified atom stereocenters. The van der Waals surface area contributed by atoms with Crippen molar-refractivity contribution in [3.8, 4) is 5.75 Å². The van der Waals surface area contributed by atoms with Crippen molar-refractivity contribution >= 4 is 23.0 Å². The highest BCUT2D eigenvalue weighted by molar-refractivity contribution is 6.32. The fourth-order valence-electron chi connectivity index (χ4n) is 1.74. The number of nitrogen functional groups attached to an aromatic ring is 1. The predicted molar refractivity (Wildman–Crippen MR) is 76.7 cm³/mol. The molecule has 2 aromatic rings. The van der Waals surface area contributed by atoms with E-state index in [1.165, 1.54) is 6.07 Å². The second-order valence-corrected chi connectivity index (χ2v) is 4.34. The number of nitrogens with two attached hydrogens (primary N) is 1. The van der Waals surface area contributed by atoms with Gasteiger partial charge in [-0.25, -0.2) is 0 Å². The zero-order valence-electron chi connectivity index (χ0n) is 10.4. The molecule has 0 amide bonds. The molecule has 0 heterocycles. The number of nitro groups is 1. The molecule has 104 valence electrons. The summed E-state index contributed by atoms with van der Waals surface area (Å²) in [6.07, 6.45) is 0. The van der Waals surface area contributed by atoms with E-state index in [0.717, 1.165) is 0 Å². The molecule has 0 atom stereocenters. The second kappa shape index (κ2) is 6.23. The highest BCUT2D eigenvalue weighted by Gasteiger charge is 2.16. The number of hydrogen-bond donors (Lipinski definition) is 2. The van der Waals surface area contributed by atoms with Crippen LogP contribution in [0.2, 0.25) is 5.02 Å². The van der Waals surface area contributed by atoms with Crippen LogP contribution in [0.4, 0.5) is 11.4 Å². The number of ether oxygens (including phenoxy) is 1. The minimum atomic E-state index is -0.506. The van der Waals surface area contributed by atoms with E-state index in [0.29, 0.717) is 16.3 Å². The number of nitrogens with one attached hydrogen (secondary N) is 1. The van der Waals surface area contributed by atoms with E-state index in [-0.39, 0.29) is 18.0 Å². The smallest absolute Gasteiger partial charge is 0.294 e. The summed E-state index contributed by atoms with van der Waals surface area (Å²) in [5.41, 5.74) is 3.04. The number of halogens is 1. The summed E-state index contributed by atoms with van der Waals surface area (Å²) in [6.45, 7) is 0.116. The lowest BCUT2D eigenvalue weighted by Gasteiger charge is -2.11. The number of rotatable bonds is 5. The number of benzene rings is 2. The number of hydrogen-bond acceptors (Lipinski definition) is 5. The van der Waals surface area contributed by atoms with Gasteiger partial charge in [0.15, 0.2) is 0 Å². The summed E-state index contributed by atoms with van der Waals surface area (Å²) >= 11 is 5.97. The Balaban J connectivity index is 2.24. The van der Waals surface area contributed by atoms with Gasteiger partial charge in [0, 0.05) is 11.6 Å². The third-order valence-electron chi connectivity index (χ3n) is 2.69.